The fraction of sp³-hybridized carbons (Fsp3) is 0.353. The first-order chi connectivity index (χ1) is 10.2. The van der Waals surface area contributed by atoms with Crippen LogP contribution in [0.15, 0.2) is 48.8 Å². The molecule has 1 heterocycles. The van der Waals surface area contributed by atoms with Crippen LogP contribution in [0.25, 0.3) is 0 Å². The van der Waals surface area contributed by atoms with E-state index in [9.17, 15) is 0 Å². The van der Waals surface area contributed by atoms with Crippen LogP contribution in [0.1, 0.15) is 17.2 Å². The molecule has 21 heavy (non-hydrogen) atoms. The lowest BCUT2D eigenvalue weighted by molar-refractivity contribution is 0.285. The van der Waals surface area contributed by atoms with Crippen molar-refractivity contribution >= 4 is 0 Å². The van der Waals surface area contributed by atoms with E-state index < -0.39 is 0 Å². The first-order valence-corrected chi connectivity index (χ1v) is 7.12. The van der Waals surface area contributed by atoms with Gasteiger partial charge in [0.25, 0.3) is 0 Å². The third kappa shape index (κ3) is 4.28. The molecule has 2 aromatic rings. The summed E-state index contributed by atoms with van der Waals surface area (Å²) in [6.07, 6.45) is 3.66. The molecule has 0 fully saturated rings. The molecule has 1 unspecified atom stereocenters. The summed E-state index contributed by atoms with van der Waals surface area (Å²) in [6.45, 7) is 1.80. The van der Waals surface area contributed by atoms with E-state index in [2.05, 4.69) is 28.3 Å². The molecular weight excluding hydrogens is 262 g/mol. The van der Waals surface area contributed by atoms with Gasteiger partial charge in [-0.1, -0.05) is 18.2 Å². The van der Waals surface area contributed by atoms with E-state index in [1.165, 1.54) is 11.1 Å². The van der Waals surface area contributed by atoms with Crippen molar-refractivity contribution in [2.75, 3.05) is 27.7 Å². The predicted molar refractivity (Wildman–Crippen MR) is 85.4 cm³/mol. The van der Waals surface area contributed by atoms with E-state index in [0.29, 0.717) is 0 Å². The summed E-state index contributed by atoms with van der Waals surface area (Å²) in [5, 5.41) is 3.38. The molecule has 0 bridgehead atoms. The molecule has 1 aromatic carbocycles. The SMILES string of the molecule is CNC(CN(C)Cc1ccncc1)c1ccccc1OC. The summed E-state index contributed by atoms with van der Waals surface area (Å²) in [5.41, 5.74) is 2.45. The number of nitrogens with zero attached hydrogens (tertiary/aromatic N) is 2. The second kappa shape index (κ2) is 7.76. The minimum absolute atomic E-state index is 0.230. The van der Waals surface area contributed by atoms with Gasteiger partial charge in [-0.15, -0.1) is 0 Å². The maximum Gasteiger partial charge on any atom is 0.123 e. The predicted octanol–water partition coefficient (Wildman–Crippen LogP) is 2.48. The standard InChI is InChI=1S/C17H23N3O/c1-18-16(15-6-4-5-7-17(15)21-3)13-20(2)12-14-8-10-19-11-9-14/h4-11,16,18H,12-13H2,1-3H3. The third-order valence-corrected chi connectivity index (χ3v) is 3.56. The van der Waals surface area contributed by atoms with Crippen LogP contribution < -0.4 is 10.1 Å². The van der Waals surface area contributed by atoms with Crippen molar-refractivity contribution in [2.24, 2.45) is 0 Å². The van der Waals surface area contributed by atoms with Gasteiger partial charge in [-0.05, 0) is 37.9 Å². The number of pyridine rings is 1. The third-order valence-electron chi connectivity index (χ3n) is 3.56. The fourth-order valence-corrected chi connectivity index (χ4v) is 2.48. The van der Waals surface area contributed by atoms with Gasteiger partial charge in [-0.2, -0.15) is 0 Å². The van der Waals surface area contributed by atoms with Gasteiger partial charge in [-0.3, -0.25) is 4.98 Å². The van der Waals surface area contributed by atoms with E-state index in [1.54, 1.807) is 7.11 Å². The smallest absolute Gasteiger partial charge is 0.123 e. The Morgan fingerprint density at radius 2 is 1.90 bits per heavy atom. The molecule has 112 valence electrons. The number of aromatic nitrogens is 1. The Hall–Kier alpha value is -1.91. The van der Waals surface area contributed by atoms with Gasteiger partial charge in [0.1, 0.15) is 5.75 Å². The van der Waals surface area contributed by atoms with E-state index >= 15 is 0 Å². The summed E-state index contributed by atoms with van der Waals surface area (Å²) in [4.78, 5) is 6.35. The van der Waals surface area contributed by atoms with Gasteiger partial charge in [-0.25, -0.2) is 0 Å². The number of rotatable bonds is 7. The Morgan fingerprint density at radius 3 is 2.57 bits per heavy atom. The number of likely N-dealkylation sites (N-methyl/N-ethyl adjacent to an activating group) is 2. The van der Waals surface area contributed by atoms with Crippen molar-refractivity contribution in [3.05, 3.63) is 59.9 Å². The lowest BCUT2D eigenvalue weighted by Gasteiger charge is -2.25. The maximum atomic E-state index is 5.46. The molecule has 1 N–H and O–H groups in total. The monoisotopic (exact) mass is 285 g/mol. The number of nitrogens with one attached hydrogen (secondary N) is 1. The molecule has 0 radical (unpaired) electrons. The molecule has 0 saturated carbocycles. The van der Waals surface area contributed by atoms with Crippen molar-refractivity contribution in [1.82, 2.24) is 15.2 Å². The van der Waals surface area contributed by atoms with Crippen LogP contribution in [-0.4, -0.2) is 37.6 Å². The fourth-order valence-electron chi connectivity index (χ4n) is 2.48. The highest BCUT2D eigenvalue weighted by molar-refractivity contribution is 5.36. The molecule has 0 amide bonds. The van der Waals surface area contributed by atoms with Crippen LogP contribution in [0.2, 0.25) is 0 Å². The summed E-state index contributed by atoms with van der Waals surface area (Å²) >= 11 is 0. The van der Waals surface area contributed by atoms with Crippen LogP contribution in [0.3, 0.4) is 0 Å². The van der Waals surface area contributed by atoms with Crippen LogP contribution in [0, 0.1) is 0 Å². The normalized spacial score (nSPS) is 12.4. The number of para-hydroxylation sites is 1. The number of ether oxygens (including phenoxy) is 1. The molecule has 0 aliphatic carbocycles. The van der Waals surface area contributed by atoms with Crippen molar-refractivity contribution < 1.29 is 4.74 Å². The zero-order valence-corrected chi connectivity index (χ0v) is 12.9. The Balaban J connectivity index is 2.05. The summed E-state index contributed by atoms with van der Waals surface area (Å²) in [5.74, 6) is 0.925. The molecule has 4 heteroatoms. The van der Waals surface area contributed by atoms with E-state index in [-0.39, 0.29) is 6.04 Å². The zero-order chi connectivity index (χ0) is 15.1. The van der Waals surface area contributed by atoms with Gasteiger partial charge in [0.15, 0.2) is 0 Å². The van der Waals surface area contributed by atoms with Crippen molar-refractivity contribution in [2.45, 2.75) is 12.6 Å². The molecule has 0 aliphatic heterocycles. The second-order valence-electron chi connectivity index (χ2n) is 5.14. The number of hydrogen-bond donors (Lipinski definition) is 1. The molecule has 0 saturated heterocycles. The Kier molecular flexibility index (Phi) is 5.72. The number of methoxy groups -OCH3 is 1. The maximum absolute atomic E-state index is 5.46. The van der Waals surface area contributed by atoms with Crippen LogP contribution in [0.5, 0.6) is 5.75 Å². The van der Waals surface area contributed by atoms with Gasteiger partial charge >= 0.3 is 0 Å². The van der Waals surface area contributed by atoms with Crippen molar-refractivity contribution in [3.8, 4) is 5.75 Å². The molecular formula is C17H23N3O. The topological polar surface area (TPSA) is 37.4 Å². The summed E-state index contributed by atoms with van der Waals surface area (Å²) in [6, 6.07) is 12.5. The lowest BCUT2D eigenvalue weighted by atomic mass is 10.1. The average Bonchev–Trinajstić information content (AvgIpc) is 2.53. The largest absolute Gasteiger partial charge is 0.496 e. The van der Waals surface area contributed by atoms with Gasteiger partial charge in [0.05, 0.1) is 7.11 Å². The van der Waals surface area contributed by atoms with Crippen molar-refractivity contribution in [3.63, 3.8) is 0 Å². The van der Waals surface area contributed by atoms with Crippen LogP contribution in [0.4, 0.5) is 0 Å². The molecule has 1 aromatic heterocycles. The van der Waals surface area contributed by atoms with Crippen LogP contribution >= 0.6 is 0 Å². The van der Waals surface area contributed by atoms with Gasteiger partial charge in [0.2, 0.25) is 0 Å². The summed E-state index contributed by atoms with van der Waals surface area (Å²) < 4.78 is 5.46. The zero-order valence-electron chi connectivity index (χ0n) is 12.9. The quantitative estimate of drug-likeness (QED) is 0.848. The van der Waals surface area contributed by atoms with Crippen molar-refractivity contribution in [1.29, 1.82) is 0 Å². The highest BCUT2D eigenvalue weighted by atomic mass is 16.5. The van der Waals surface area contributed by atoms with E-state index in [1.807, 2.05) is 49.8 Å². The Labute approximate surface area is 126 Å². The van der Waals surface area contributed by atoms with E-state index in [4.69, 9.17) is 4.74 Å². The first-order valence-electron chi connectivity index (χ1n) is 7.12. The first kappa shape index (κ1) is 15.5. The Morgan fingerprint density at radius 1 is 1.19 bits per heavy atom. The molecule has 2 rings (SSSR count). The lowest BCUT2D eigenvalue weighted by Crippen LogP contribution is -2.31. The average molecular weight is 285 g/mol. The Bertz CT molecular complexity index is 545. The summed E-state index contributed by atoms with van der Waals surface area (Å²) in [7, 11) is 5.82. The van der Waals surface area contributed by atoms with Gasteiger partial charge < -0.3 is 15.0 Å². The van der Waals surface area contributed by atoms with Gasteiger partial charge in [0, 0.05) is 37.1 Å². The van der Waals surface area contributed by atoms with E-state index in [0.717, 1.165) is 18.8 Å². The molecule has 4 nitrogen and oxygen atoms in total. The minimum Gasteiger partial charge on any atom is -0.496 e. The minimum atomic E-state index is 0.230. The molecule has 0 spiro atoms. The number of benzene rings is 1. The second-order valence-corrected chi connectivity index (χ2v) is 5.14. The molecule has 1 atom stereocenters. The highest BCUT2D eigenvalue weighted by Crippen LogP contribution is 2.25. The highest BCUT2D eigenvalue weighted by Gasteiger charge is 2.16. The van der Waals surface area contributed by atoms with Crippen LogP contribution in [-0.2, 0) is 6.54 Å². The molecule has 0 aliphatic rings. The number of hydrogen-bond acceptors (Lipinski definition) is 4.